The van der Waals surface area contributed by atoms with E-state index in [2.05, 4.69) is 9.97 Å². The Bertz CT molecular complexity index is 464. The Kier molecular flexibility index (Phi) is 4.96. The zero-order valence-electron chi connectivity index (χ0n) is 9.75. The Labute approximate surface area is 109 Å². The van der Waals surface area contributed by atoms with E-state index in [-0.39, 0.29) is 5.82 Å². The van der Waals surface area contributed by atoms with Gasteiger partial charge in [0.15, 0.2) is 5.16 Å². The molecule has 0 fully saturated rings. The second-order valence-electron chi connectivity index (χ2n) is 3.54. The molecule has 2 rings (SSSR count). The summed E-state index contributed by atoms with van der Waals surface area (Å²) in [5.74, 6) is 1.34. The lowest BCUT2D eigenvalue weighted by molar-refractivity contribution is 0.318. The predicted octanol–water partition coefficient (Wildman–Crippen LogP) is 3.18. The van der Waals surface area contributed by atoms with Crippen molar-refractivity contribution in [3.05, 3.63) is 48.5 Å². The monoisotopic (exact) mass is 264 g/mol. The van der Waals surface area contributed by atoms with Crippen LogP contribution in [0.3, 0.4) is 0 Å². The van der Waals surface area contributed by atoms with Gasteiger partial charge in [0.2, 0.25) is 0 Å². The van der Waals surface area contributed by atoms with Gasteiger partial charge in [-0.15, -0.1) is 0 Å². The number of thioether (sulfide) groups is 1. The van der Waals surface area contributed by atoms with Crippen molar-refractivity contribution < 1.29 is 9.13 Å². The fourth-order valence-electron chi connectivity index (χ4n) is 1.30. The molecule has 5 heteroatoms. The third kappa shape index (κ3) is 4.33. The van der Waals surface area contributed by atoms with Crippen LogP contribution in [0.15, 0.2) is 47.9 Å². The second-order valence-corrected chi connectivity index (χ2v) is 4.60. The molecule has 0 atom stereocenters. The van der Waals surface area contributed by atoms with E-state index in [9.17, 15) is 4.39 Å². The van der Waals surface area contributed by atoms with E-state index in [0.717, 1.165) is 17.3 Å². The number of hydrogen-bond donors (Lipinski definition) is 0. The molecule has 0 aliphatic rings. The normalized spacial score (nSPS) is 10.3. The molecule has 0 unspecified atom stereocenters. The van der Waals surface area contributed by atoms with Crippen molar-refractivity contribution >= 4 is 11.8 Å². The first-order valence-electron chi connectivity index (χ1n) is 5.63. The van der Waals surface area contributed by atoms with Gasteiger partial charge in [-0.1, -0.05) is 11.8 Å². The summed E-state index contributed by atoms with van der Waals surface area (Å²) in [5, 5.41) is 0.777. The van der Waals surface area contributed by atoms with Crippen LogP contribution in [0.1, 0.15) is 6.42 Å². The molecule has 1 aromatic carbocycles. The lowest BCUT2D eigenvalue weighted by Gasteiger charge is -2.05. The van der Waals surface area contributed by atoms with Gasteiger partial charge in [0, 0.05) is 18.1 Å². The Balaban J connectivity index is 1.63. The van der Waals surface area contributed by atoms with Crippen LogP contribution in [0.2, 0.25) is 0 Å². The molecule has 0 aliphatic heterocycles. The number of ether oxygens (including phenoxy) is 1. The fraction of sp³-hybridized carbons (Fsp3) is 0.231. The van der Waals surface area contributed by atoms with E-state index >= 15 is 0 Å². The van der Waals surface area contributed by atoms with Crippen molar-refractivity contribution in [3.8, 4) is 5.75 Å². The molecule has 94 valence electrons. The Morgan fingerprint density at radius 2 is 1.83 bits per heavy atom. The summed E-state index contributed by atoms with van der Waals surface area (Å²) in [4.78, 5) is 8.23. The molecule has 0 radical (unpaired) electrons. The summed E-state index contributed by atoms with van der Waals surface area (Å²) in [6.07, 6.45) is 4.34. The van der Waals surface area contributed by atoms with Gasteiger partial charge in [-0.3, -0.25) is 0 Å². The van der Waals surface area contributed by atoms with Crippen molar-refractivity contribution in [2.24, 2.45) is 0 Å². The lowest BCUT2D eigenvalue weighted by Crippen LogP contribution is -1.99. The minimum absolute atomic E-state index is 0.251. The van der Waals surface area contributed by atoms with Gasteiger partial charge < -0.3 is 4.74 Å². The summed E-state index contributed by atoms with van der Waals surface area (Å²) in [6, 6.07) is 7.83. The van der Waals surface area contributed by atoms with Crippen LogP contribution in [0.25, 0.3) is 0 Å². The Morgan fingerprint density at radius 1 is 1.11 bits per heavy atom. The molecule has 1 heterocycles. The third-order valence-corrected chi connectivity index (χ3v) is 3.11. The molecule has 1 aromatic heterocycles. The molecule has 0 N–H and O–H groups in total. The molecule has 2 aromatic rings. The van der Waals surface area contributed by atoms with E-state index in [1.165, 1.54) is 12.1 Å². The maximum Gasteiger partial charge on any atom is 0.187 e. The Hall–Kier alpha value is -1.62. The zero-order valence-corrected chi connectivity index (χ0v) is 10.6. The van der Waals surface area contributed by atoms with Crippen LogP contribution >= 0.6 is 11.8 Å². The number of aromatic nitrogens is 2. The maximum atomic E-state index is 12.6. The first-order valence-corrected chi connectivity index (χ1v) is 6.61. The average molecular weight is 264 g/mol. The number of benzene rings is 1. The van der Waals surface area contributed by atoms with Gasteiger partial charge in [0.25, 0.3) is 0 Å². The van der Waals surface area contributed by atoms with Gasteiger partial charge in [0.1, 0.15) is 11.6 Å². The number of halogens is 1. The first kappa shape index (κ1) is 12.8. The quantitative estimate of drug-likeness (QED) is 0.456. The molecule has 0 aliphatic carbocycles. The fourth-order valence-corrected chi connectivity index (χ4v) is 2.02. The molecule has 0 amide bonds. The molecule has 0 saturated carbocycles. The van der Waals surface area contributed by atoms with Gasteiger partial charge in [-0.05, 0) is 36.8 Å². The van der Waals surface area contributed by atoms with Crippen molar-refractivity contribution in [2.75, 3.05) is 12.4 Å². The molecule has 0 bridgehead atoms. The van der Waals surface area contributed by atoms with E-state index in [4.69, 9.17) is 4.74 Å². The predicted molar refractivity (Wildman–Crippen MR) is 69.3 cm³/mol. The summed E-state index contributed by atoms with van der Waals surface area (Å²) in [6.45, 7) is 0.603. The summed E-state index contributed by atoms with van der Waals surface area (Å²) < 4.78 is 18.1. The summed E-state index contributed by atoms with van der Waals surface area (Å²) in [7, 11) is 0. The van der Waals surface area contributed by atoms with Crippen LogP contribution in [0, 0.1) is 5.82 Å². The minimum Gasteiger partial charge on any atom is -0.494 e. The number of hydrogen-bond acceptors (Lipinski definition) is 4. The highest BCUT2D eigenvalue weighted by Gasteiger charge is 1.97. The summed E-state index contributed by atoms with van der Waals surface area (Å²) >= 11 is 1.60. The highest BCUT2D eigenvalue weighted by atomic mass is 32.2. The van der Waals surface area contributed by atoms with Crippen molar-refractivity contribution in [2.45, 2.75) is 11.6 Å². The van der Waals surface area contributed by atoms with Crippen LogP contribution < -0.4 is 4.74 Å². The first-order chi connectivity index (χ1) is 8.84. The van der Waals surface area contributed by atoms with Crippen molar-refractivity contribution in [1.82, 2.24) is 9.97 Å². The average Bonchev–Trinajstić information content (AvgIpc) is 2.42. The number of rotatable bonds is 6. The molecule has 0 saturated heterocycles. The van der Waals surface area contributed by atoms with Gasteiger partial charge in [-0.25, -0.2) is 14.4 Å². The zero-order chi connectivity index (χ0) is 12.6. The van der Waals surface area contributed by atoms with Crippen LogP contribution in [-0.2, 0) is 0 Å². The molecule has 0 spiro atoms. The second kappa shape index (κ2) is 6.96. The molecular weight excluding hydrogens is 251 g/mol. The van der Waals surface area contributed by atoms with Gasteiger partial charge in [0.05, 0.1) is 6.61 Å². The topological polar surface area (TPSA) is 35.0 Å². The standard InChI is InChI=1S/C13H13FN2OS/c14-11-3-5-12(6-4-11)17-9-2-10-18-13-15-7-1-8-16-13/h1,3-8H,2,9-10H2. The highest BCUT2D eigenvalue weighted by molar-refractivity contribution is 7.99. The van der Waals surface area contributed by atoms with Crippen LogP contribution in [0.5, 0.6) is 5.75 Å². The van der Waals surface area contributed by atoms with Crippen LogP contribution in [0.4, 0.5) is 4.39 Å². The maximum absolute atomic E-state index is 12.6. The summed E-state index contributed by atoms with van der Waals surface area (Å²) in [5.41, 5.74) is 0. The smallest absolute Gasteiger partial charge is 0.187 e. The molecule has 3 nitrogen and oxygen atoms in total. The largest absolute Gasteiger partial charge is 0.494 e. The molecular formula is C13H13FN2OS. The number of nitrogens with zero attached hydrogens (tertiary/aromatic N) is 2. The van der Waals surface area contributed by atoms with Gasteiger partial charge in [-0.2, -0.15) is 0 Å². The van der Waals surface area contributed by atoms with Crippen LogP contribution in [-0.4, -0.2) is 22.3 Å². The lowest BCUT2D eigenvalue weighted by atomic mass is 10.3. The van der Waals surface area contributed by atoms with E-state index in [1.54, 1.807) is 42.4 Å². The van der Waals surface area contributed by atoms with E-state index in [1.807, 2.05) is 0 Å². The Morgan fingerprint density at radius 3 is 2.56 bits per heavy atom. The third-order valence-electron chi connectivity index (χ3n) is 2.14. The van der Waals surface area contributed by atoms with E-state index in [0.29, 0.717) is 12.4 Å². The SMILES string of the molecule is Fc1ccc(OCCCSc2ncccn2)cc1. The highest BCUT2D eigenvalue weighted by Crippen LogP contribution is 2.14. The van der Waals surface area contributed by atoms with Crippen molar-refractivity contribution in [3.63, 3.8) is 0 Å². The van der Waals surface area contributed by atoms with Crippen molar-refractivity contribution in [1.29, 1.82) is 0 Å². The minimum atomic E-state index is -0.251. The molecule has 18 heavy (non-hydrogen) atoms. The van der Waals surface area contributed by atoms with E-state index < -0.39 is 0 Å². The van der Waals surface area contributed by atoms with Gasteiger partial charge >= 0.3 is 0 Å².